The molecule has 1 atom stereocenters. The Balaban J connectivity index is 2.38. The third-order valence-corrected chi connectivity index (χ3v) is 2.50. The largest absolute Gasteiger partial charge is 0.310 e. The summed E-state index contributed by atoms with van der Waals surface area (Å²) in [5, 5.41) is 3.38. The van der Waals surface area contributed by atoms with Crippen molar-refractivity contribution >= 4 is 11.0 Å². The lowest BCUT2D eigenvalue weighted by Gasteiger charge is -2.12. The van der Waals surface area contributed by atoms with Gasteiger partial charge in [0.05, 0.1) is 11.0 Å². The van der Waals surface area contributed by atoms with E-state index >= 15 is 0 Å². The molecule has 0 radical (unpaired) electrons. The molecular formula is C12H15N3. The Morgan fingerprint density at radius 3 is 2.67 bits per heavy atom. The molecule has 1 unspecified atom stereocenters. The van der Waals surface area contributed by atoms with Gasteiger partial charge in [0.1, 0.15) is 0 Å². The Kier molecular flexibility index (Phi) is 2.92. The van der Waals surface area contributed by atoms with Crippen LogP contribution in [0.25, 0.3) is 11.0 Å². The summed E-state index contributed by atoms with van der Waals surface area (Å²) in [6, 6.07) is 6.58. The monoisotopic (exact) mass is 201 g/mol. The van der Waals surface area contributed by atoms with Crippen molar-refractivity contribution < 1.29 is 0 Å². The second kappa shape index (κ2) is 4.36. The van der Waals surface area contributed by atoms with Crippen LogP contribution in [0.3, 0.4) is 0 Å². The van der Waals surface area contributed by atoms with Crippen molar-refractivity contribution in [1.29, 1.82) is 0 Å². The van der Waals surface area contributed by atoms with Gasteiger partial charge in [0.2, 0.25) is 0 Å². The Hall–Kier alpha value is -1.48. The minimum atomic E-state index is 0.362. The predicted octanol–water partition coefficient (Wildman–Crippen LogP) is 2.30. The minimum Gasteiger partial charge on any atom is -0.310 e. The Labute approximate surface area is 89.6 Å². The fraction of sp³-hybridized carbons (Fsp3) is 0.333. The van der Waals surface area contributed by atoms with E-state index in [1.807, 2.05) is 6.07 Å². The normalized spacial score (nSPS) is 12.9. The molecule has 0 fully saturated rings. The summed E-state index contributed by atoms with van der Waals surface area (Å²) in [4.78, 5) is 8.54. The maximum atomic E-state index is 4.29. The zero-order valence-corrected chi connectivity index (χ0v) is 9.07. The van der Waals surface area contributed by atoms with Crippen LogP contribution in [0, 0.1) is 0 Å². The van der Waals surface area contributed by atoms with Crippen molar-refractivity contribution in [2.24, 2.45) is 0 Å². The molecule has 1 aromatic carbocycles. The van der Waals surface area contributed by atoms with Gasteiger partial charge < -0.3 is 5.32 Å². The molecule has 3 heteroatoms. The first-order valence-corrected chi connectivity index (χ1v) is 5.25. The molecule has 2 aromatic rings. The summed E-state index contributed by atoms with van der Waals surface area (Å²) in [5.41, 5.74) is 3.16. The maximum absolute atomic E-state index is 4.29. The van der Waals surface area contributed by atoms with E-state index in [-0.39, 0.29) is 0 Å². The molecule has 3 nitrogen and oxygen atoms in total. The molecule has 1 N–H and O–H groups in total. The van der Waals surface area contributed by atoms with Gasteiger partial charge in [-0.1, -0.05) is 13.0 Å². The lowest BCUT2D eigenvalue weighted by molar-refractivity contribution is 0.598. The number of nitrogens with one attached hydrogen (secondary N) is 1. The molecule has 0 saturated heterocycles. The van der Waals surface area contributed by atoms with Crippen LogP contribution in [-0.4, -0.2) is 16.5 Å². The van der Waals surface area contributed by atoms with Gasteiger partial charge in [0.25, 0.3) is 0 Å². The molecule has 0 bridgehead atoms. The number of fused-ring (bicyclic) bond motifs is 1. The first-order chi connectivity index (χ1) is 7.31. The molecule has 1 aromatic heterocycles. The Morgan fingerprint density at radius 1 is 1.20 bits per heavy atom. The van der Waals surface area contributed by atoms with Crippen LogP contribution < -0.4 is 5.32 Å². The highest BCUT2D eigenvalue weighted by Crippen LogP contribution is 2.16. The molecule has 0 aliphatic carbocycles. The van der Waals surface area contributed by atoms with E-state index < -0.39 is 0 Å². The molecule has 78 valence electrons. The topological polar surface area (TPSA) is 37.8 Å². The standard InChI is InChI=1S/C12H15N3/c1-3-13-9(2)10-4-5-11-12(8-10)15-7-6-14-11/h4-9,13H,3H2,1-2H3. The van der Waals surface area contributed by atoms with E-state index in [4.69, 9.17) is 0 Å². The van der Waals surface area contributed by atoms with Crippen LogP contribution in [0.2, 0.25) is 0 Å². The van der Waals surface area contributed by atoms with Crippen molar-refractivity contribution in [2.75, 3.05) is 6.54 Å². The van der Waals surface area contributed by atoms with E-state index in [2.05, 4.69) is 41.3 Å². The quantitative estimate of drug-likeness (QED) is 0.828. The van der Waals surface area contributed by atoms with Crippen LogP contribution in [0.15, 0.2) is 30.6 Å². The number of nitrogens with zero attached hydrogens (tertiary/aromatic N) is 2. The van der Waals surface area contributed by atoms with Gasteiger partial charge in [-0.05, 0) is 31.2 Å². The van der Waals surface area contributed by atoms with Crippen LogP contribution in [-0.2, 0) is 0 Å². The molecular weight excluding hydrogens is 186 g/mol. The van der Waals surface area contributed by atoms with Crippen molar-refractivity contribution in [3.63, 3.8) is 0 Å². The van der Waals surface area contributed by atoms with Gasteiger partial charge in [-0.3, -0.25) is 9.97 Å². The first-order valence-electron chi connectivity index (χ1n) is 5.25. The summed E-state index contributed by atoms with van der Waals surface area (Å²) < 4.78 is 0. The molecule has 15 heavy (non-hydrogen) atoms. The van der Waals surface area contributed by atoms with Crippen molar-refractivity contribution in [1.82, 2.24) is 15.3 Å². The van der Waals surface area contributed by atoms with E-state index in [9.17, 15) is 0 Å². The van der Waals surface area contributed by atoms with Gasteiger partial charge >= 0.3 is 0 Å². The number of rotatable bonds is 3. The van der Waals surface area contributed by atoms with E-state index in [0.717, 1.165) is 17.6 Å². The van der Waals surface area contributed by atoms with Crippen molar-refractivity contribution in [3.8, 4) is 0 Å². The molecule has 1 heterocycles. The van der Waals surface area contributed by atoms with Crippen LogP contribution in [0.4, 0.5) is 0 Å². The predicted molar refractivity (Wildman–Crippen MR) is 61.6 cm³/mol. The smallest absolute Gasteiger partial charge is 0.0890 e. The Bertz CT molecular complexity index is 453. The average Bonchev–Trinajstić information content (AvgIpc) is 2.29. The molecule has 0 amide bonds. The lowest BCUT2D eigenvalue weighted by Crippen LogP contribution is -2.17. The maximum Gasteiger partial charge on any atom is 0.0890 e. The summed E-state index contributed by atoms with van der Waals surface area (Å²) in [7, 11) is 0. The highest BCUT2D eigenvalue weighted by atomic mass is 14.9. The average molecular weight is 201 g/mol. The van der Waals surface area contributed by atoms with Crippen molar-refractivity contribution in [2.45, 2.75) is 19.9 Å². The van der Waals surface area contributed by atoms with Crippen LogP contribution in [0.5, 0.6) is 0 Å². The second-order valence-electron chi connectivity index (χ2n) is 3.58. The second-order valence-corrected chi connectivity index (χ2v) is 3.58. The fourth-order valence-corrected chi connectivity index (χ4v) is 1.67. The number of hydrogen-bond acceptors (Lipinski definition) is 3. The van der Waals surface area contributed by atoms with Gasteiger partial charge in [0, 0.05) is 18.4 Å². The third-order valence-electron chi connectivity index (χ3n) is 2.50. The van der Waals surface area contributed by atoms with Gasteiger partial charge in [-0.25, -0.2) is 0 Å². The Morgan fingerprint density at radius 2 is 1.93 bits per heavy atom. The molecule has 0 aliphatic rings. The van der Waals surface area contributed by atoms with Gasteiger partial charge in [-0.2, -0.15) is 0 Å². The molecule has 0 saturated carbocycles. The highest BCUT2D eigenvalue weighted by molar-refractivity contribution is 5.74. The summed E-state index contributed by atoms with van der Waals surface area (Å²) in [6.07, 6.45) is 3.44. The lowest BCUT2D eigenvalue weighted by atomic mass is 10.1. The molecule has 2 rings (SSSR count). The number of hydrogen-bond donors (Lipinski definition) is 1. The third kappa shape index (κ3) is 2.13. The zero-order valence-electron chi connectivity index (χ0n) is 9.07. The van der Waals surface area contributed by atoms with E-state index in [1.54, 1.807) is 12.4 Å². The molecule has 0 aliphatic heterocycles. The van der Waals surface area contributed by atoms with Crippen LogP contribution >= 0.6 is 0 Å². The fourth-order valence-electron chi connectivity index (χ4n) is 1.67. The minimum absolute atomic E-state index is 0.362. The zero-order chi connectivity index (χ0) is 10.7. The van der Waals surface area contributed by atoms with Crippen molar-refractivity contribution in [3.05, 3.63) is 36.2 Å². The van der Waals surface area contributed by atoms with Crippen LogP contribution in [0.1, 0.15) is 25.5 Å². The summed E-state index contributed by atoms with van der Waals surface area (Å²) >= 11 is 0. The van der Waals surface area contributed by atoms with E-state index in [1.165, 1.54) is 5.56 Å². The number of aromatic nitrogens is 2. The molecule has 0 spiro atoms. The SMILES string of the molecule is CCNC(C)c1ccc2nccnc2c1. The highest BCUT2D eigenvalue weighted by Gasteiger charge is 2.04. The van der Waals surface area contributed by atoms with Gasteiger partial charge in [0.15, 0.2) is 0 Å². The number of benzene rings is 1. The van der Waals surface area contributed by atoms with E-state index in [0.29, 0.717) is 6.04 Å². The van der Waals surface area contributed by atoms with Gasteiger partial charge in [-0.15, -0.1) is 0 Å². The summed E-state index contributed by atoms with van der Waals surface area (Å²) in [5.74, 6) is 0. The summed E-state index contributed by atoms with van der Waals surface area (Å²) in [6.45, 7) is 5.23. The first kappa shape index (κ1) is 10.1.